The van der Waals surface area contributed by atoms with Gasteiger partial charge >= 0.3 is 0 Å². The standard InChI is InChI=1S/C20H19ClFN3O2/c1-13(26)24(2)12-20(27)25-19(14-7-9-15(21)10-8-14)11-18(23-25)16-5-3-4-6-17(16)22/h3-10,19H,11-12H2,1-2H3. The minimum atomic E-state index is -0.388. The van der Waals surface area contributed by atoms with E-state index in [9.17, 15) is 14.0 Å². The second-order valence-corrected chi connectivity index (χ2v) is 6.85. The van der Waals surface area contributed by atoms with Crippen LogP contribution in [0.4, 0.5) is 4.39 Å². The highest BCUT2D eigenvalue weighted by Gasteiger charge is 2.34. The Labute approximate surface area is 162 Å². The first-order valence-corrected chi connectivity index (χ1v) is 8.86. The van der Waals surface area contributed by atoms with E-state index >= 15 is 0 Å². The zero-order chi connectivity index (χ0) is 19.6. The van der Waals surface area contributed by atoms with Gasteiger partial charge in [0.2, 0.25) is 5.91 Å². The molecule has 0 radical (unpaired) electrons. The first-order valence-electron chi connectivity index (χ1n) is 8.48. The van der Waals surface area contributed by atoms with E-state index in [0.717, 1.165) is 5.56 Å². The number of hydrazone groups is 1. The molecule has 0 N–H and O–H groups in total. The summed E-state index contributed by atoms with van der Waals surface area (Å²) >= 11 is 5.96. The highest BCUT2D eigenvalue weighted by atomic mass is 35.5. The third-order valence-electron chi connectivity index (χ3n) is 4.52. The van der Waals surface area contributed by atoms with Crippen molar-refractivity contribution in [1.29, 1.82) is 0 Å². The quantitative estimate of drug-likeness (QED) is 0.804. The van der Waals surface area contributed by atoms with Crippen molar-refractivity contribution in [3.05, 3.63) is 70.5 Å². The number of hydrogen-bond acceptors (Lipinski definition) is 3. The molecule has 1 unspecified atom stereocenters. The number of halogens is 2. The molecular formula is C20H19ClFN3O2. The fourth-order valence-electron chi connectivity index (χ4n) is 2.93. The number of carbonyl (C=O) groups excluding carboxylic acids is 2. The lowest BCUT2D eigenvalue weighted by atomic mass is 9.98. The van der Waals surface area contributed by atoms with E-state index < -0.39 is 0 Å². The first kappa shape index (κ1) is 19.0. The summed E-state index contributed by atoms with van der Waals surface area (Å²) in [6.45, 7) is 1.29. The molecule has 27 heavy (non-hydrogen) atoms. The Morgan fingerprint density at radius 3 is 2.52 bits per heavy atom. The van der Waals surface area contributed by atoms with Crippen LogP contribution >= 0.6 is 11.6 Å². The molecular weight excluding hydrogens is 369 g/mol. The van der Waals surface area contributed by atoms with E-state index in [4.69, 9.17) is 11.6 Å². The maximum Gasteiger partial charge on any atom is 0.262 e. The number of amides is 2. The topological polar surface area (TPSA) is 53.0 Å². The molecule has 0 saturated carbocycles. The van der Waals surface area contributed by atoms with Gasteiger partial charge in [0.1, 0.15) is 12.4 Å². The fraction of sp³-hybridized carbons (Fsp3) is 0.250. The van der Waals surface area contributed by atoms with E-state index in [-0.39, 0.29) is 30.2 Å². The lowest BCUT2D eigenvalue weighted by Gasteiger charge is -2.24. The molecule has 0 aliphatic carbocycles. The van der Waals surface area contributed by atoms with E-state index in [1.807, 2.05) is 12.1 Å². The van der Waals surface area contributed by atoms with Gasteiger partial charge in [0.05, 0.1) is 11.8 Å². The molecule has 2 amide bonds. The molecule has 7 heteroatoms. The molecule has 1 atom stereocenters. The molecule has 0 fully saturated rings. The van der Waals surface area contributed by atoms with Crippen LogP contribution in [0.15, 0.2) is 53.6 Å². The molecule has 0 bridgehead atoms. The van der Waals surface area contributed by atoms with Crippen LogP contribution in [0.25, 0.3) is 0 Å². The van der Waals surface area contributed by atoms with Crippen LogP contribution < -0.4 is 0 Å². The molecule has 5 nitrogen and oxygen atoms in total. The average Bonchev–Trinajstić information content (AvgIpc) is 3.07. The van der Waals surface area contributed by atoms with E-state index in [0.29, 0.717) is 22.7 Å². The van der Waals surface area contributed by atoms with Crippen LogP contribution in [0.1, 0.15) is 30.5 Å². The summed E-state index contributed by atoms with van der Waals surface area (Å²) in [4.78, 5) is 25.6. The molecule has 2 aromatic rings. The van der Waals surface area contributed by atoms with Crippen LogP contribution in [0.2, 0.25) is 5.02 Å². The van der Waals surface area contributed by atoms with Gasteiger partial charge in [-0.15, -0.1) is 0 Å². The zero-order valence-electron chi connectivity index (χ0n) is 15.0. The molecule has 1 aliphatic heterocycles. The Kier molecular flexibility index (Phi) is 5.56. The number of hydrogen-bond donors (Lipinski definition) is 0. The van der Waals surface area contributed by atoms with Gasteiger partial charge in [0.25, 0.3) is 5.91 Å². The van der Waals surface area contributed by atoms with Gasteiger partial charge < -0.3 is 4.90 Å². The average molecular weight is 388 g/mol. The van der Waals surface area contributed by atoms with Gasteiger partial charge in [-0.1, -0.05) is 41.9 Å². The minimum Gasteiger partial charge on any atom is -0.337 e. The molecule has 0 spiro atoms. The van der Waals surface area contributed by atoms with Gasteiger partial charge in [0.15, 0.2) is 0 Å². The maximum absolute atomic E-state index is 14.2. The Balaban J connectivity index is 1.94. The van der Waals surface area contributed by atoms with Crippen molar-refractivity contribution < 1.29 is 14.0 Å². The summed E-state index contributed by atoms with van der Waals surface area (Å²) in [5.74, 6) is -0.941. The second-order valence-electron chi connectivity index (χ2n) is 6.41. The third-order valence-corrected chi connectivity index (χ3v) is 4.77. The Bertz CT molecular complexity index is 898. The molecule has 0 aromatic heterocycles. The predicted octanol–water partition coefficient (Wildman–Crippen LogP) is 3.64. The van der Waals surface area contributed by atoms with E-state index in [1.54, 1.807) is 37.4 Å². The van der Waals surface area contributed by atoms with E-state index in [2.05, 4.69) is 5.10 Å². The third kappa shape index (κ3) is 4.17. The smallest absolute Gasteiger partial charge is 0.262 e. The van der Waals surface area contributed by atoms with Gasteiger partial charge in [-0.3, -0.25) is 9.59 Å². The summed E-state index contributed by atoms with van der Waals surface area (Å²) < 4.78 is 14.2. The molecule has 1 heterocycles. The second kappa shape index (κ2) is 7.88. The number of likely N-dealkylation sites (N-methyl/N-ethyl adjacent to an activating group) is 1. The van der Waals surface area contributed by atoms with Crippen molar-refractivity contribution in [3.63, 3.8) is 0 Å². The number of rotatable bonds is 4. The van der Waals surface area contributed by atoms with Crippen LogP contribution in [0.3, 0.4) is 0 Å². The molecule has 140 valence electrons. The normalized spacial score (nSPS) is 16.2. The summed E-state index contributed by atoms with van der Waals surface area (Å²) in [6, 6.07) is 13.1. The Morgan fingerprint density at radius 1 is 1.22 bits per heavy atom. The van der Waals surface area contributed by atoms with Crippen molar-refractivity contribution >= 4 is 29.1 Å². The SMILES string of the molecule is CC(=O)N(C)CC(=O)N1N=C(c2ccccc2F)CC1c1ccc(Cl)cc1. The molecule has 1 aliphatic rings. The maximum atomic E-state index is 14.2. The van der Waals surface area contributed by atoms with Crippen molar-refractivity contribution in [1.82, 2.24) is 9.91 Å². The number of carbonyl (C=O) groups is 2. The van der Waals surface area contributed by atoms with Gasteiger partial charge in [-0.25, -0.2) is 9.40 Å². The number of nitrogens with zero attached hydrogens (tertiary/aromatic N) is 3. The highest BCUT2D eigenvalue weighted by Crippen LogP contribution is 2.33. The highest BCUT2D eigenvalue weighted by molar-refractivity contribution is 6.30. The summed E-state index contributed by atoms with van der Waals surface area (Å²) in [6.07, 6.45) is 0.373. The fourth-order valence-corrected chi connectivity index (χ4v) is 3.06. The van der Waals surface area contributed by atoms with Crippen LogP contribution in [-0.4, -0.2) is 41.0 Å². The molecule has 2 aromatic carbocycles. The van der Waals surface area contributed by atoms with Crippen molar-refractivity contribution in [2.75, 3.05) is 13.6 Å². The lowest BCUT2D eigenvalue weighted by Crippen LogP contribution is -2.38. The summed E-state index contributed by atoms with van der Waals surface area (Å²) in [5.41, 5.74) is 1.70. The van der Waals surface area contributed by atoms with E-state index in [1.165, 1.54) is 22.9 Å². The zero-order valence-corrected chi connectivity index (χ0v) is 15.8. The van der Waals surface area contributed by atoms with Gasteiger partial charge in [0, 0.05) is 31.0 Å². The van der Waals surface area contributed by atoms with Crippen LogP contribution in [0.5, 0.6) is 0 Å². The Hall–Kier alpha value is -2.73. The predicted molar refractivity (Wildman–Crippen MR) is 102 cm³/mol. The molecule has 3 rings (SSSR count). The minimum absolute atomic E-state index is 0.104. The number of benzene rings is 2. The van der Waals surface area contributed by atoms with Crippen LogP contribution in [0, 0.1) is 5.82 Å². The summed E-state index contributed by atoms with van der Waals surface area (Å²) in [7, 11) is 1.55. The van der Waals surface area contributed by atoms with Gasteiger partial charge in [-0.05, 0) is 23.8 Å². The lowest BCUT2D eigenvalue weighted by molar-refractivity contribution is -0.139. The van der Waals surface area contributed by atoms with Crippen molar-refractivity contribution in [2.45, 2.75) is 19.4 Å². The van der Waals surface area contributed by atoms with Crippen molar-refractivity contribution in [3.8, 4) is 0 Å². The van der Waals surface area contributed by atoms with Gasteiger partial charge in [-0.2, -0.15) is 5.10 Å². The monoisotopic (exact) mass is 387 g/mol. The molecule has 0 saturated heterocycles. The Morgan fingerprint density at radius 2 is 1.89 bits per heavy atom. The first-order chi connectivity index (χ1) is 12.9. The summed E-state index contributed by atoms with van der Waals surface area (Å²) in [5, 5.41) is 6.32. The van der Waals surface area contributed by atoms with Crippen LogP contribution in [-0.2, 0) is 9.59 Å². The van der Waals surface area contributed by atoms with Crippen molar-refractivity contribution in [2.24, 2.45) is 5.10 Å². The largest absolute Gasteiger partial charge is 0.337 e.